The van der Waals surface area contributed by atoms with Crippen molar-refractivity contribution >= 4 is 39.1 Å². The van der Waals surface area contributed by atoms with E-state index in [2.05, 4.69) is 5.32 Å². The molecule has 0 aliphatic rings. The van der Waals surface area contributed by atoms with E-state index in [1.165, 1.54) is 17.0 Å². The molecule has 39 heavy (non-hydrogen) atoms. The lowest BCUT2D eigenvalue weighted by Crippen LogP contribution is -2.52. The van der Waals surface area contributed by atoms with E-state index < -0.39 is 28.5 Å². The zero-order chi connectivity index (χ0) is 28.7. The van der Waals surface area contributed by atoms with Gasteiger partial charge in [-0.1, -0.05) is 66.6 Å². The van der Waals surface area contributed by atoms with E-state index in [0.29, 0.717) is 16.3 Å². The first-order chi connectivity index (χ1) is 18.4. The minimum atomic E-state index is -4.13. The first-order valence-electron chi connectivity index (χ1n) is 12.9. The first-order valence-corrected chi connectivity index (χ1v) is 14.7. The van der Waals surface area contributed by atoms with Crippen LogP contribution in [0.1, 0.15) is 43.9 Å². The fourth-order valence-electron chi connectivity index (χ4n) is 4.08. The van der Waals surface area contributed by atoms with Crippen molar-refractivity contribution in [3.05, 3.63) is 94.5 Å². The van der Waals surface area contributed by atoms with Crippen molar-refractivity contribution in [2.24, 2.45) is 0 Å². The number of benzene rings is 3. The van der Waals surface area contributed by atoms with Crippen LogP contribution >= 0.6 is 11.6 Å². The molecule has 0 fully saturated rings. The summed E-state index contributed by atoms with van der Waals surface area (Å²) in [5, 5.41) is 3.39. The second-order valence-corrected chi connectivity index (χ2v) is 12.1. The number of hydrogen-bond donors (Lipinski definition) is 1. The molecule has 0 aliphatic heterocycles. The predicted molar refractivity (Wildman–Crippen MR) is 156 cm³/mol. The fraction of sp³-hybridized carbons (Fsp3) is 0.333. The van der Waals surface area contributed by atoms with Gasteiger partial charge in [-0.3, -0.25) is 13.9 Å². The van der Waals surface area contributed by atoms with Crippen LogP contribution in [-0.4, -0.2) is 43.8 Å². The van der Waals surface area contributed by atoms with Crippen LogP contribution in [0.2, 0.25) is 5.02 Å². The summed E-state index contributed by atoms with van der Waals surface area (Å²) in [5.74, 6) is -0.806. The molecule has 0 heterocycles. The lowest BCUT2D eigenvalue weighted by Gasteiger charge is -2.33. The Morgan fingerprint density at radius 3 is 2.18 bits per heavy atom. The molecule has 3 aromatic rings. The van der Waals surface area contributed by atoms with E-state index in [1.807, 2.05) is 51.1 Å². The normalized spacial score (nSPS) is 12.9. The highest BCUT2D eigenvalue weighted by molar-refractivity contribution is 7.92. The Balaban J connectivity index is 2.04. The van der Waals surface area contributed by atoms with E-state index in [9.17, 15) is 18.0 Å². The Morgan fingerprint density at radius 1 is 0.949 bits per heavy atom. The molecule has 2 atom stereocenters. The van der Waals surface area contributed by atoms with Crippen molar-refractivity contribution in [1.82, 2.24) is 10.2 Å². The molecule has 7 nitrogen and oxygen atoms in total. The van der Waals surface area contributed by atoms with Gasteiger partial charge in [0.15, 0.2) is 0 Å². The molecule has 0 bridgehead atoms. The van der Waals surface area contributed by atoms with Crippen LogP contribution in [0.4, 0.5) is 5.69 Å². The lowest BCUT2D eigenvalue weighted by atomic mass is 10.1. The summed E-state index contributed by atoms with van der Waals surface area (Å²) in [7, 11) is -4.13. The lowest BCUT2D eigenvalue weighted by molar-refractivity contribution is -0.139. The van der Waals surface area contributed by atoms with Gasteiger partial charge in [-0.2, -0.15) is 0 Å². The molecular weight excluding hydrogens is 534 g/mol. The van der Waals surface area contributed by atoms with E-state index in [1.54, 1.807) is 44.2 Å². The quantitative estimate of drug-likeness (QED) is 0.331. The monoisotopic (exact) mass is 569 g/mol. The Kier molecular flexibility index (Phi) is 10.2. The van der Waals surface area contributed by atoms with Crippen LogP contribution in [0.15, 0.2) is 77.7 Å². The Hall–Kier alpha value is -3.36. The molecule has 0 saturated carbocycles. The number of nitrogens with one attached hydrogen (secondary N) is 1. The summed E-state index contributed by atoms with van der Waals surface area (Å²) in [6, 6.07) is 19.7. The van der Waals surface area contributed by atoms with Crippen LogP contribution in [-0.2, 0) is 26.2 Å². The number of sulfonamides is 1. The molecule has 1 N–H and O–H groups in total. The van der Waals surface area contributed by atoms with Crippen molar-refractivity contribution in [3.63, 3.8) is 0 Å². The van der Waals surface area contributed by atoms with Crippen molar-refractivity contribution < 1.29 is 18.0 Å². The van der Waals surface area contributed by atoms with Crippen LogP contribution in [0.5, 0.6) is 0 Å². The summed E-state index contributed by atoms with van der Waals surface area (Å²) < 4.78 is 29.0. The van der Waals surface area contributed by atoms with Gasteiger partial charge in [0.2, 0.25) is 11.8 Å². The summed E-state index contributed by atoms with van der Waals surface area (Å²) in [4.78, 5) is 28.5. The van der Waals surface area contributed by atoms with Crippen molar-refractivity contribution in [2.75, 3.05) is 10.8 Å². The third kappa shape index (κ3) is 7.61. The van der Waals surface area contributed by atoms with Crippen LogP contribution in [0.3, 0.4) is 0 Å². The fourth-order valence-corrected chi connectivity index (χ4v) is 5.78. The SMILES string of the molecule is CCC(C)NC(=O)C(C)N(Cc1ccccc1)C(=O)CN(c1ccc(Cl)cc1C)S(=O)(=O)c1ccc(C)cc1. The number of aryl methyl sites for hydroxylation is 2. The molecule has 208 valence electrons. The van der Waals surface area contributed by atoms with Gasteiger partial charge in [-0.05, 0) is 75.6 Å². The largest absolute Gasteiger partial charge is 0.352 e. The molecule has 0 spiro atoms. The highest BCUT2D eigenvalue weighted by atomic mass is 35.5. The number of carbonyl (C=O) groups excluding carboxylic acids is 2. The number of hydrogen-bond acceptors (Lipinski definition) is 4. The third-order valence-electron chi connectivity index (χ3n) is 6.68. The predicted octanol–water partition coefficient (Wildman–Crippen LogP) is 5.48. The Morgan fingerprint density at radius 2 is 1.59 bits per heavy atom. The molecule has 0 aliphatic carbocycles. The van der Waals surface area contributed by atoms with Gasteiger partial charge in [-0.15, -0.1) is 0 Å². The van der Waals surface area contributed by atoms with E-state index in [0.717, 1.165) is 21.9 Å². The summed E-state index contributed by atoms with van der Waals surface area (Å²) >= 11 is 6.16. The molecule has 0 radical (unpaired) electrons. The first kappa shape index (κ1) is 30.2. The maximum absolute atomic E-state index is 14.0. The minimum Gasteiger partial charge on any atom is -0.352 e. The molecule has 9 heteroatoms. The molecular formula is C30H36ClN3O4S. The van der Waals surface area contributed by atoms with Gasteiger partial charge in [0, 0.05) is 17.6 Å². The third-order valence-corrected chi connectivity index (χ3v) is 8.69. The number of amides is 2. The van der Waals surface area contributed by atoms with Crippen molar-refractivity contribution in [2.45, 2.75) is 64.6 Å². The van der Waals surface area contributed by atoms with Crippen LogP contribution < -0.4 is 9.62 Å². The summed E-state index contributed by atoms with van der Waals surface area (Å²) in [6.07, 6.45) is 0.740. The van der Waals surface area contributed by atoms with Gasteiger partial charge in [0.1, 0.15) is 12.6 Å². The minimum absolute atomic E-state index is 0.0624. The van der Waals surface area contributed by atoms with Crippen molar-refractivity contribution in [3.8, 4) is 0 Å². The topological polar surface area (TPSA) is 86.8 Å². The second-order valence-electron chi connectivity index (χ2n) is 9.76. The zero-order valence-corrected chi connectivity index (χ0v) is 24.6. The number of rotatable bonds is 11. The second kappa shape index (κ2) is 13.1. The highest BCUT2D eigenvalue weighted by Gasteiger charge is 2.33. The average molecular weight is 570 g/mol. The molecule has 3 aromatic carbocycles. The van der Waals surface area contributed by atoms with Gasteiger partial charge in [-0.25, -0.2) is 8.42 Å². The summed E-state index contributed by atoms with van der Waals surface area (Å²) in [5.41, 5.74) is 2.67. The smallest absolute Gasteiger partial charge is 0.264 e. The van der Waals surface area contributed by atoms with Gasteiger partial charge in [0.05, 0.1) is 10.6 Å². The number of nitrogens with zero attached hydrogens (tertiary/aromatic N) is 2. The van der Waals surface area contributed by atoms with E-state index >= 15 is 0 Å². The Bertz CT molecular complexity index is 1400. The van der Waals surface area contributed by atoms with Crippen molar-refractivity contribution in [1.29, 1.82) is 0 Å². The van der Waals surface area contributed by atoms with Gasteiger partial charge >= 0.3 is 0 Å². The molecule has 0 saturated heterocycles. The molecule has 0 aromatic heterocycles. The maximum Gasteiger partial charge on any atom is 0.264 e. The summed E-state index contributed by atoms with van der Waals surface area (Å²) in [6.45, 7) is 8.78. The Labute approximate surface area is 236 Å². The van der Waals surface area contributed by atoms with E-state index in [4.69, 9.17) is 11.6 Å². The number of carbonyl (C=O) groups is 2. The highest BCUT2D eigenvalue weighted by Crippen LogP contribution is 2.29. The van der Waals surface area contributed by atoms with Crippen LogP contribution in [0, 0.1) is 13.8 Å². The maximum atomic E-state index is 14.0. The zero-order valence-electron chi connectivity index (χ0n) is 23.0. The van der Waals surface area contributed by atoms with E-state index in [-0.39, 0.29) is 23.4 Å². The van der Waals surface area contributed by atoms with Gasteiger partial charge < -0.3 is 10.2 Å². The van der Waals surface area contributed by atoms with Gasteiger partial charge in [0.25, 0.3) is 10.0 Å². The molecule has 2 unspecified atom stereocenters. The molecule has 3 rings (SSSR count). The average Bonchev–Trinajstić information content (AvgIpc) is 2.91. The standard InChI is InChI=1S/C30H36ClN3O4S/c1-6-23(4)32-30(36)24(5)33(19-25-10-8-7-9-11-25)29(35)20-34(28-17-14-26(31)18-22(28)3)39(37,38)27-15-12-21(2)13-16-27/h7-18,23-24H,6,19-20H2,1-5H3,(H,32,36). The number of halogens is 1. The molecule has 2 amide bonds. The van der Waals surface area contributed by atoms with Crippen LogP contribution in [0.25, 0.3) is 0 Å². The number of anilines is 1.